The zero-order valence-corrected chi connectivity index (χ0v) is 12.1. The number of amides is 2. The smallest absolute Gasteiger partial charge is 0.253 e. The van der Waals surface area contributed by atoms with Gasteiger partial charge >= 0.3 is 0 Å². The summed E-state index contributed by atoms with van der Waals surface area (Å²) in [6.07, 6.45) is 1.38. The van der Waals surface area contributed by atoms with Crippen LogP contribution < -0.4 is 11.1 Å². The number of nitrogens with two attached hydrogens (primary N) is 1. The molecular formula is C14H18ClN3O2. The van der Waals surface area contributed by atoms with Crippen LogP contribution in [0, 0.1) is 5.92 Å². The molecular weight excluding hydrogens is 278 g/mol. The Balaban J connectivity index is 2.01. The average Bonchev–Trinajstić information content (AvgIpc) is 2.48. The molecule has 5 nitrogen and oxygen atoms in total. The molecule has 1 heterocycles. The Kier molecular flexibility index (Phi) is 4.49. The van der Waals surface area contributed by atoms with Crippen LogP contribution in [0.1, 0.15) is 23.2 Å². The summed E-state index contributed by atoms with van der Waals surface area (Å²) in [4.78, 5) is 25.6. The first-order chi connectivity index (χ1) is 9.52. The topological polar surface area (TPSA) is 75.4 Å². The van der Waals surface area contributed by atoms with E-state index in [4.69, 9.17) is 17.3 Å². The van der Waals surface area contributed by atoms with Crippen molar-refractivity contribution in [3.8, 4) is 0 Å². The standard InChI is InChI=1S/C14H18ClN3O2/c1-17-13(19)9-4-6-18(7-5-9)14(20)10-2-3-11(15)12(16)8-10/h2-3,8-9H,4-7,16H2,1H3,(H,17,19). The largest absolute Gasteiger partial charge is 0.398 e. The van der Waals surface area contributed by atoms with Crippen LogP contribution >= 0.6 is 11.6 Å². The Bertz CT molecular complexity index is 525. The maximum absolute atomic E-state index is 12.3. The third-order valence-corrected chi connectivity index (χ3v) is 3.99. The van der Waals surface area contributed by atoms with Gasteiger partial charge in [0.2, 0.25) is 5.91 Å². The van der Waals surface area contributed by atoms with Crippen LogP contribution in [0.5, 0.6) is 0 Å². The number of rotatable bonds is 2. The van der Waals surface area contributed by atoms with Crippen molar-refractivity contribution < 1.29 is 9.59 Å². The molecule has 6 heteroatoms. The molecule has 0 aliphatic carbocycles. The first kappa shape index (κ1) is 14.7. The van der Waals surface area contributed by atoms with Crippen LogP contribution in [0.2, 0.25) is 5.02 Å². The van der Waals surface area contributed by atoms with Crippen molar-refractivity contribution in [3.05, 3.63) is 28.8 Å². The Labute approximate surface area is 123 Å². The monoisotopic (exact) mass is 295 g/mol. The lowest BCUT2D eigenvalue weighted by molar-refractivity contribution is -0.125. The number of halogens is 1. The Morgan fingerprint density at radius 3 is 2.55 bits per heavy atom. The maximum atomic E-state index is 12.3. The van der Waals surface area contributed by atoms with E-state index in [0.717, 1.165) is 0 Å². The lowest BCUT2D eigenvalue weighted by Gasteiger charge is -2.31. The highest BCUT2D eigenvalue weighted by molar-refractivity contribution is 6.33. The number of nitrogen functional groups attached to an aromatic ring is 1. The summed E-state index contributed by atoms with van der Waals surface area (Å²) in [6, 6.07) is 4.89. The minimum Gasteiger partial charge on any atom is -0.398 e. The van der Waals surface area contributed by atoms with Gasteiger partial charge in [0.1, 0.15) is 0 Å². The molecule has 0 unspecified atom stereocenters. The fourth-order valence-electron chi connectivity index (χ4n) is 2.41. The van der Waals surface area contributed by atoms with Gasteiger partial charge < -0.3 is 16.0 Å². The number of carbonyl (C=O) groups is 2. The van der Waals surface area contributed by atoms with E-state index in [1.165, 1.54) is 0 Å². The van der Waals surface area contributed by atoms with Crippen molar-refractivity contribution in [2.45, 2.75) is 12.8 Å². The molecule has 1 aliphatic heterocycles. The molecule has 0 saturated carbocycles. The summed E-state index contributed by atoms with van der Waals surface area (Å²) < 4.78 is 0. The third kappa shape index (κ3) is 3.04. The normalized spacial score (nSPS) is 16.0. The van der Waals surface area contributed by atoms with Gasteiger partial charge in [-0.3, -0.25) is 9.59 Å². The quantitative estimate of drug-likeness (QED) is 0.812. The van der Waals surface area contributed by atoms with Gasteiger partial charge in [-0.15, -0.1) is 0 Å². The lowest BCUT2D eigenvalue weighted by Crippen LogP contribution is -2.42. The zero-order valence-electron chi connectivity index (χ0n) is 11.4. The van der Waals surface area contributed by atoms with Crippen molar-refractivity contribution in [3.63, 3.8) is 0 Å². The summed E-state index contributed by atoms with van der Waals surface area (Å²) in [5, 5.41) is 3.09. The van der Waals surface area contributed by atoms with Crippen LogP contribution in [0.15, 0.2) is 18.2 Å². The van der Waals surface area contributed by atoms with Crippen molar-refractivity contribution in [2.24, 2.45) is 5.92 Å². The highest BCUT2D eigenvalue weighted by Crippen LogP contribution is 2.23. The summed E-state index contributed by atoms with van der Waals surface area (Å²) in [7, 11) is 1.64. The lowest BCUT2D eigenvalue weighted by atomic mass is 9.95. The molecule has 2 amide bonds. The van der Waals surface area contributed by atoms with Crippen molar-refractivity contribution in [1.29, 1.82) is 0 Å². The zero-order chi connectivity index (χ0) is 14.7. The maximum Gasteiger partial charge on any atom is 0.253 e. The van der Waals surface area contributed by atoms with Crippen LogP contribution in [-0.2, 0) is 4.79 Å². The number of hydrogen-bond acceptors (Lipinski definition) is 3. The van der Waals surface area contributed by atoms with Gasteiger partial charge in [-0.05, 0) is 31.0 Å². The van der Waals surface area contributed by atoms with Gasteiger partial charge in [-0.25, -0.2) is 0 Å². The second-order valence-corrected chi connectivity index (χ2v) is 5.32. The molecule has 1 fully saturated rings. The fourth-order valence-corrected chi connectivity index (χ4v) is 2.53. The van der Waals surface area contributed by atoms with Crippen molar-refractivity contribution in [1.82, 2.24) is 10.2 Å². The first-order valence-electron chi connectivity index (χ1n) is 6.59. The number of anilines is 1. The van der Waals surface area contributed by atoms with E-state index in [1.54, 1.807) is 30.1 Å². The minimum atomic E-state index is -0.0660. The Hall–Kier alpha value is -1.75. The van der Waals surface area contributed by atoms with E-state index in [9.17, 15) is 9.59 Å². The van der Waals surface area contributed by atoms with E-state index in [1.807, 2.05) is 0 Å². The molecule has 1 aromatic rings. The van der Waals surface area contributed by atoms with Crippen LogP contribution in [-0.4, -0.2) is 36.9 Å². The Morgan fingerprint density at radius 2 is 2.00 bits per heavy atom. The number of nitrogens with zero attached hydrogens (tertiary/aromatic N) is 1. The van der Waals surface area contributed by atoms with Gasteiger partial charge in [-0.1, -0.05) is 11.6 Å². The molecule has 0 aromatic heterocycles. The van der Waals surface area contributed by atoms with Crippen molar-refractivity contribution >= 4 is 29.1 Å². The van der Waals surface area contributed by atoms with Crippen LogP contribution in [0.4, 0.5) is 5.69 Å². The molecule has 2 rings (SSSR count). The van der Waals surface area contributed by atoms with E-state index in [-0.39, 0.29) is 17.7 Å². The molecule has 1 aromatic carbocycles. The molecule has 20 heavy (non-hydrogen) atoms. The highest BCUT2D eigenvalue weighted by Gasteiger charge is 2.27. The van der Waals surface area contributed by atoms with Gasteiger partial charge in [0.05, 0.1) is 10.7 Å². The molecule has 1 saturated heterocycles. The molecule has 0 radical (unpaired) electrons. The molecule has 3 N–H and O–H groups in total. The molecule has 0 atom stereocenters. The highest BCUT2D eigenvalue weighted by atomic mass is 35.5. The number of likely N-dealkylation sites (tertiary alicyclic amines) is 1. The molecule has 108 valence electrons. The fraction of sp³-hybridized carbons (Fsp3) is 0.429. The molecule has 1 aliphatic rings. The number of benzene rings is 1. The van der Waals surface area contributed by atoms with Gasteiger partial charge in [0.15, 0.2) is 0 Å². The predicted molar refractivity (Wildman–Crippen MR) is 78.6 cm³/mol. The predicted octanol–water partition coefficient (Wildman–Crippen LogP) is 1.52. The summed E-state index contributed by atoms with van der Waals surface area (Å²) >= 11 is 5.85. The van der Waals surface area contributed by atoms with Crippen molar-refractivity contribution in [2.75, 3.05) is 25.9 Å². The molecule has 0 bridgehead atoms. The number of piperidine rings is 1. The summed E-state index contributed by atoms with van der Waals surface area (Å²) in [5.74, 6) is -0.0177. The number of hydrogen-bond donors (Lipinski definition) is 2. The van der Waals surface area contributed by atoms with Gasteiger partial charge in [0, 0.05) is 31.6 Å². The second-order valence-electron chi connectivity index (χ2n) is 4.92. The summed E-state index contributed by atoms with van der Waals surface area (Å²) in [6.45, 7) is 1.17. The van der Waals surface area contributed by atoms with E-state index in [0.29, 0.717) is 42.2 Å². The van der Waals surface area contributed by atoms with Crippen LogP contribution in [0.3, 0.4) is 0 Å². The third-order valence-electron chi connectivity index (χ3n) is 3.64. The van der Waals surface area contributed by atoms with Crippen LogP contribution in [0.25, 0.3) is 0 Å². The summed E-state index contributed by atoms with van der Waals surface area (Å²) in [5.41, 5.74) is 6.65. The van der Waals surface area contributed by atoms with E-state index < -0.39 is 0 Å². The minimum absolute atomic E-state index is 0.000614. The molecule has 0 spiro atoms. The average molecular weight is 296 g/mol. The van der Waals surface area contributed by atoms with Gasteiger partial charge in [-0.2, -0.15) is 0 Å². The number of nitrogens with one attached hydrogen (secondary N) is 1. The SMILES string of the molecule is CNC(=O)C1CCN(C(=O)c2ccc(Cl)c(N)c2)CC1. The first-order valence-corrected chi connectivity index (χ1v) is 6.96. The number of carbonyl (C=O) groups excluding carboxylic acids is 2. The van der Waals surface area contributed by atoms with E-state index in [2.05, 4.69) is 5.32 Å². The van der Waals surface area contributed by atoms with E-state index >= 15 is 0 Å². The Morgan fingerprint density at radius 1 is 1.35 bits per heavy atom. The second kappa shape index (κ2) is 6.13. The van der Waals surface area contributed by atoms with Gasteiger partial charge in [0.25, 0.3) is 5.91 Å².